The highest BCUT2D eigenvalue weighted by atomic mass is 16.3. The average Bonchev–Trinajstić information content (AvgIpc) is 3.23. The molecule has 3 aromatic rings. The van der Waals surface area contributed by atoms with Crippen molar-refractivity contribution in [1.29, 1.82) is 5.26 Å². The molecule has 1 N–H and O–H groups in total. The van der Waals surface area contributed by atoms with Crippen molar-refractivity contribution >= 4 is 0 Å². The van der Waals surface area contributed by atoms with Gasteiger partial charge < -0.3 is 14.0 Å². The van der Waals surface area contributed by atoms with E-state index in [1.165, 1.54) is 24.1 Å². The van der Waals surface area contributed by atoms with E-state index in [9.17, 15) is 10.1 Å². The highest BCUT2D eigenvalue weighted by Crippen LogP contribution is 2.32. The van der Waals surface area contributed by atoms with Crippen molar-refractivity contribution in [2.24, 2.45) is 7.05 Å². The number of nitriles is 1. The Hall–Kier alpha value is -3.00. The number of aromatic amines is 1. The number of nitrogens with zero attached hydrogens (tertiary/aromatic N) is 2. The average molecular weight is 319 g/mol. The highest BCUT2D eigenvalue weighted by Gasteiger charge is 2.21. The molecule has 3 aromatic heterocycles. The van der Waals surface area contributed by atoms with Crippen LogP contribution in [-0.2, 0) is 19.9 Å². The van der Waals surface area contributed by atoms with E-state index in [0.29, 0.717) is 17.0 Å². The maximum absolute atomic E-state index is 12.4. The lowest BCUT2D eigenvalue weighted by Crippen LogP contribution is -2.13. The van der Waals surface area contributed by atoms with E-state index in [-0.39, 0.29) is 11.1 Å². The van der Waals surface area contributed by atoms with Gasteiger partial charge in [0.25, 0.3) is 5.56 Å². The third-order valence-electron chi connectivity index (χ3n) is 4.77. The van der Waals surface area contributed by atoms with Gasteiger partial charge in [-0.05, 0) is 55.5 Å². The van der Waals surface area contributed by atoms with Crippen molar-refractivity contribution in [1.82, 2.24) is 9.55 Å². The van der Waals surface area contributed by atoms with Gasteiger partial charge in [0.1, 0.15) is 17.4 Å². The van der Waals surface area contributed by atoms with E-state index in [4.69, 9.17) is 4.42 Å². The van der Waals surface area contributed by atoms with Crippen molar-refractivity contribution in [3.8, 4) is 28.8 Å². The number of fused-ring (bicyclic) bond motifs is 1. The number of furan rings is 1. The van der Waals surface area contributed by atoms with Crippen molar-refractivity contribution in [3.05, 3.63) is 57.7 Å². The van der Waals surface area contributed by atoms with Crippen LogP contribution >= 0.6 is 0 Å². The van der Waals surface area contributed by atoms with Crippen LogP contribution in [-0.4, -0.2) is 9.55 Å². The summed E-state index contributed by atoms with van der Waals surface area (Å²) in [6, 6.07) is 9.57. The van der Waals surface area contributed by atoms with Crippen LogP contribution in [0.1, 0.15) is 29.7 Å². The predicted octanol–water partition coefficient (Wildman–Crippen LogP) is 3.39. The number of pyridine rings is 1. The van der Waals surface area contributed by atoms with Gasteiger partial charge in [0, 0.05) is 24.0 Å². The van der Waals surface area contributed by atoms with Crippen LogP contribution in [0.15, 0.2) is 39.7 Å². The normalized spacial score (nSPS) is 13.5. The zero-order valence-electron chi connectivity index (χ0n) is 13.4. The third-order valence-corrected chi connectivity index (χ3v) is 4.77. The first kappa shape index (κ1) is 14.6. The fraction of sp³-hybridized carbons (Fsp3) is 0.263. The molecule has 0 unspecified atom stereocenters. The largest absolute Gasteiger partial charge is 0.463 e. The van der Waals surface area contributed by atoms with Gasteiger partial charge in [0.15, 0.2) is 0 Å². The first-order valence-corrected chi connectivity index (χ1v) is 8.08. The molecule has 4 rings (SSSR count). The van der Waals surface area contributed by atoms with Crippen LogP contribution in [0.25, 0.3) is 22.7 Å². The minimum Gasteiger partial charge on any atom is -0.463 e. The topological polar surface area (TPSA) is 74.7 Å². The molecule has 1 aliphatic rings. The second-order valence-electron chi connectivity index (χ2n) is 6.16. The second kappa shape index (κ2) is 5.57. The maximum Gasteiger partial charge on any atom is 0.267 e. The van der Waals surface area contributed by atoms with E-state index < -0.39 is 0 Å². The predicted molar refractivity (Wildman–Crippen MR) is 90.5 cm³/mol. The summed E-state index contributed by atoms with van der Waals surface area (Å²) in [6.07, 6.45) is 6.03. The lowest BCUT2D eigenvalue weighted by molar-refractivity contribution is 0.580. The number of aryl methyl sites for hydroxylation is 1. The van der Waals surface area contributed by atoms with Crippen molar-refractivity contribution < 1.29 is 4.42 Å². The van der Waals surface area contributed by atoms with Gasteiger partial charge in [-0.3, -0.25) is 4.79 Å². The molecular formula is C19H17N3O2. The Morgan fingerprint density at radius 1 is 1.29 bits per heavy atom. The van der Waals surface area contributed by atoms with Gasteiger partial charge in [-0.15, -0.1) is 0 Å². The number of nitrogens with one attached hydrogen (secondary N) is 1. The summed E-state index contributed by atoms with van der Waals surface area (Å²) in [5.41, 5.74) is 4.53. The highest BCUT2D eigenvalue weighted by molar-refractivity contribution is 5.73. The minimum absolute atomic E-state index is 0.142. The smallest absolute Gasteiger partial charge is 0.267 e. The first-order chi connectivity index (χ1) is 11.7. The molecule has 0 aromatic carbocycles. The molecule has 0 radical (unpaired) electrons. The number of rotatable bonds is 2. The summed E-state index contributed by atoms with van der Waals surface area (Å²) >= 11 is 0. The standard InChI is InChI=1S/C19H17N3O2/c1-22-16-6-3-2-5-12(16)9-17(22)13-10-15(18-7-4-8-24-18)21-19(23)14(13)11-20/h4,7-10H,2-3,5-6H2,1H3,(H,21,23). The molecular weight excluding hydrogens is 302 g/mol. The minimum atomic E-state index is -0.388. The number of hydrogen-bond donors (Lipinski definition) is 1. The number of hydrogen-bond acceptors (Lipinski definition) is 3. The Bertz CT molecular complexity index is 1000. The van der Waals surface area contributed by atoms with Crippen molar-refractivity contribution in [2.75, 3.05) is 0 Å². The lowest BCUT2D eigenvalue weighted by atomic mass is 9.97. The molecule has 5 heteroatoms. The van der Waals surface area contributed by atoms with Gasteiger partial charge in [-0.2, -0.15) is 5.26 Å². The van der Waals surface area contributed by atoms with Crippen molar-refractivity contribution in [3.63, 3.8) is 0 Å². The molecule has 0 amide bonds. The molecule has 0 bridgehead atoms. The summed E-state index contributed by atoms with van der Waals surface area (Å²) < 4.78 is 7.51. The van der Waals surface area contributed by atoms with Gasteiger partial charge in [0.2, 0.25) is 0 Å². The maximum atomic E-state index is 12.4. The molecule has 0 atom stereocenters. The Morgan fingerprint density at radius 3 is 2.83 bits per heavy atom. The van der Waals surface area contributed by atoms with Crippen molar-refractivity contribution in [2.45, 2.75) is 25.7 Å². The molecule has 0 spiro atoms. The fourth-order valence-corrected chi connectivity index (χ4v) is 3.55. The molecule has 0 fully saturated rings. The van der Waals surface area contributed by atoms with Crippen LogP contribution in [0.4, 0.5) is 0 Å². The van der Waals surface area contributed by atoms with E-state index in [1.54, 1.807) is 18.4 Å². The summed E-state index contributed by atoms with van der Waals surface area (Å²) in [5, 5.41) is 9.47. The molecule has 0 saturated heterocycles. The van der Waals surface area contributed by atoms with E-state index in [2.05, 4.69) is 21.7 Å². The number of H-pyrrole nitrogens is 1. The fourth-order valence-electron chi connectivity index (χ4n) is 3.55. The summed E-state index contributed by atoms with van der Waals surface area (Å²) in [6.45, 7) is 0. The zero-order chi connectivity index (χ0) is 16.7. The van der Waals surface area contributed by atoms with E-state index >= 15 is 0 Å². The van der Waals surface area contributed by atoms with E-state index in [0.717, 1.165) is 18.5 Å². The quantitative estimate of drug-likeness (QED) is 0.786. The van der Waals surface area contributed by atoms with Crippen LogP contribution < -0.4 is 5.56 Å². The van der Waals surface area contributed by atoms with Gasteiger partial charge in [-0.1, -0.05) is 0 Å². The van der Waals surface area contributed by atoms with Crippen LogP contribution in [0.2, 0.25) is 0 Å². The molecule has 5 nitrogen and oxygen atoms in total. The van der Waals surface area contributed by atoms with Crippen LogP contribution in [0.5, 0.6) is 0 Å². The molecule has 3 heterocycles. The monoisotopic (exact) mass is 319 g/mol. The van der Waals surface area contributed by atoms with Crippen LogP contribution in [0.3, 0.4) is 0 Å². The second-order valence-corrected chi connectivity index (χ2v) is 6.16. The summed E-state index contributed by atoms with van der Waals surface area (Å²) in [4.78, 5) is 15.1. The van der Waals surface area contributed by atoms with Gasteiger partial charge >= 0.3 is 0 Å². The molecule has 0 aliphatic heterocycles. The SMILES string of the molecule is Cn1c(-c2cc(-c3ccco3)[nH]c(=O)c2C#N)cc2c1CCCC2. The summed E-state index contributed by atoms with van der Waals surface area (Å²) in [7, 11) is 2.01. The molecule has 1 aliphatic carbocycles. The first-order valence-electron chi connectivity index (χ1n) is 8.08. The molecule has 24 heavy (non-hydrogen) atoms. The molecule has 120 valence electrons. The lowest BCUT2D eigenvalue weighted by Gasteiger charge is -2.14. The Kier molecular flexibility index (Phi) is 3.39. The molecule has 0 saturated carbocycles. The zero-order valence-corrected chi connectivity index (χ0v) is 13.4. The van der Waals surface area contributed by atoms with E-state index in [1.807, 2.05) is 13.1 Å². The number of aromatic nitrogens is 2. The third kappa shape index (κ3) is 2.19. The van der Waals surface area contributed by atoms with Gasteiger partial charge in [-0.25, -0.2) is 0 Å². The van der Waals surface area contributed by atoms with Crippen LogP contribution in [0, 0.1) is 11.3 Å². The Balaban J connectivity index is 1.96. The van der Waals surface area contributed by atoms with Gasteiger partial charge in [0.05, 0.1) is 12.0 Å². The summed E-state index contributed by atoms with van der Waals surface area (Å²) in [5.74, 6) is 0.580. The Morgan fingerprint density at radius 2 is 2.12 bits per heavy atom. The Labute approximate surface area is 139 Å².